The molecule has 0 N–H and O–H groups in total. The molecule has 1 heterocycles. The van der Waals surface area contributed by atoms with E-state index < -0.39 is 5.82 Å². The smallest absolute Gasteiger partial charge is 0.228 e. The Labute approximate surface area is 117 Å². The molecule has 0 aliphatic carbocycles. The number of hydrogen-bond acceptors (Lipinski definition) is 3. The molecule has 1 aliphatic heterocycles. The fourth-order valence-electron chi connectivity index (χ4n) is 1.92. The van der Waals surface area contributed by atoms with E-state index in [0.29, 0.717) is 11.0 Å². The molecule has 1 unspecified atom stereocenters. The van der Waals surface area contributed by atoms with Crippen molar-refractivity contribution < 1.29 is 14.0 Å². The third kappa shape index (κ3) is 2.92. The van der Waals surface area contributed by atoms with Gasteiger partial charge in [-0.15, -0.1) is 0 Å². The standard InChI is InChI=1S/C12H11BrFNO2S/c1-7(16)18-9-5-12(17)15(6-9)11-3-2-8(13)4-10(11)14/h2-4,9H,5-6H2,1H3. The largest absolute Gasteiger partial charge is 0.308 e. The second-order valence-corrected chi connectivity index (χ2v) is 6.43. The molecule has 1 aromatic rings. The van der Waals surface area contributed by atoms with Gasteiger partial charge >= 0.3 is 0 Å². The van der Waals surface area contributed by atoms with Crippen LogP contribution >= 0.6 is 27.7 Å². The van der Waals surface area contributed by atoms with Gasteiger partial charge in [0.2, 0.25) is 5.91 Å². The molecule has 96 valence electrons. The zero-order valence-electron chi connectivity index (χ0n) is 9.65. The van der Waals surface area contributed by atoms with Gasteiger partial charge in [-0.2, -0.15) is 0 Å². The van der Waals surface area contributed by atoms with Crippen molar-refractivity contribution >= 4 is 44.4 Å². The average Bonchev–Trinajstić information content (AvgIpc) is 2.58. The molecule has 18 heavy (non-hydrogen) atoms. The highest BCUT2D eigenvalue weighted by molar-refractivity contribution is 9.10. The summed E-state index contributed by atoms with van der Waals surface area (Å²) in [6, 6.07) is 4.59. The van der Waals surface area contributed by atoms with E-state index in [9.17, 15) is 14.0 Å². The third-order valence-corrected chi connectivity index (χ3v) is 4.10. The van der Waals surface area contributed by atoms with Gasteiger partial charge in [-0.05, 0) is 18.2 Å². The van der Waals surface area contributed by atoms with Crippen LogP contribution in [0.1, 0.15) is 13.3 Å². The van der Waals surface area contributed by atoms with Crippen molar-refractivity contribution in [1.29, 1.82) is 0 Å². The van der Waals surface area contributed by atoms with Gasteiger partial charge in [0.25, 0.3) is 0 Å². The van der Waals surface area contributed by atoms with E-state index >= 15 is 0 Å². The normalized spacial score (nSPS) is 19.4. The Morgan fingerprint density at radius 1 is 1.56 bits per heavy atom. The number of rotatable bonds is 2. The second-order valence-electron chi connectivity index (χ2n) is 4.04. The van der Waals surface area contributed by atoms with Crippen LogP contribution in [0.4, 0.5) is 10.1 Å². The summed E-state index contributed by atoms with van der Waals surface area (Å²) in [5, 5.41) is -0.107. The number of carbonyl (C=O) groups excluding carboxylic acids is 2. The van der Waals surface area contributed by atoms with E-state index in [1.807, 2.05) is 0 Å². The molecule has 1 amide bonds. The average molecular weight is 332 g/mol. The van der Waals surface area contributed by atoms with Crippen molar-refractivity contribution in [2.75, 3.05) is 11.4 Å². The van der Waals surface area contributed by atoms with Crippen molar-refractivity contribution in [3.05, 3.63) is 28.5 Å². The summed E-state index contributed by atoms with van der Waals surface area (Å²) in [6.07, 6.45) is 0.278. The van der Waals surface area contributed by atoms with Crippen LogP contribution in [0.3, 0.4) is 0 Å². The number of carbonyl (C=O) groups is 2. The quantitative estimate of drug-likeness (QED) is 0.836. The van der Waals surface area contributed by atoms with Gasteiger partial charge in [-0.25, -0.2) is 4.39 Å². The Balaban J connectivity index is 2.19. The maximum Gasteiger partial charge on any atom is 0.228 e. The Morgan fingerprint density at radius 2 is 2.28 bits per heavy atom. The summed E-state index contributed by atoms with van der Waals surface area (Å²) in [6.45, 7) is 1.85. The van der Waals surface area contributed by atoms with Crippen LogP contribution in [-0.4, -0.2) is 22.8 Å². The van der Waals surface area contributed by atoms with Gasteiger partial charge < -0.3 is 4.90 Å². The number of hydrogen-bond donors (Lipinski definition) is 0. The fraction of sp³-hybridized carbons (Fsp3) is 0.333. The number of amides is 1. The van der Waals surface area contributed by atoms with Crippen LogP contribution in [0.2, 0.25) is 0 Å². The van der Waals surface area contributed by atoms with Crippen molar-refractivity contribution in [2.24, 2.45) is 0 Å². The highest BCUT2D eigenvalue weighted by Crippen LogP contribution is 2.31. The molecule has 0 spiro atoms. The van der Waals surface area contributed by atoms with Gasteiger partial charge in [-0.1, -0.05) is 27.7 Å². The molecule has 1 saturated heterocycles. The van der Waals surface area contributed by atoms with E-state index in [1.54, 1.807) is 12.1 Å². The summed E-state index contributed by atoms with van der Waals surface area (Å²) in [5.41, 5.74) is 0.273. The van der Waals surface area contributed by atoms with Gasteiger partial charge in [-0.3, -0.25) is 9.59 Å². The van der Waals surface area contributed by atoms with E-state index in [4.69, 9.17) is 0 Å². The number of nitrogens with zero attached hydrogens (tertiary/aromatic N) is 1. The lowest BCUT2D eigenvalue weighted by Gasteiger charge is -2.17. The Morgan fingerprint density at radius 3 is 2.89 bits per heavy atom. The molecule has 1 atom stereocenters. The molecule has 0 aromatic heterocycles. The van der Waals surface area contributed by atoms with Gasteiger partial charge in [0.1, 0.15) is 5.82 Å². The first-order valence-corrected chi connectivity index (χ1v) is 7.07. The van der Waals surface area contributed by atoms with E-state index in [2.05, 4.69) is 15.9 Å². The summed E-state index contributed by atoms with van der Waals surface area (Å²) in [5.74, 6) is -0.582. The molecular weight excluding hydrogens is 321 g/mol. The second kappa shape index (κ2) is 5.40. The maximum atomic E-state index is 13.8. The van der Waals surface area contributed by atoms with Gasteiger partial charge in [0.05, 0.1) is 5.69 Å². The fourth-order valence-corrected chi connectivity index (χ4v) is 3.17. The number of anilines is 1. The Bertz CT molecular complexity index is 509. The van der Waals surface area contributed by atoms with Crippen molar-refractivity contribution in [3.63, 3.8) is 0 Å². The minimum absolute atomic E-state index is 0.0223. The highest BCUT2D eigenvalue weighted by Gasteiger charge is 2.33. The zero-order chi connectivity index (χ0) is 13.3. The SMILES string of the molecule is CC(=O)SC1CC(=O)N(c2ccc(Br)cc2F)C1. The zero-order valence-corrected chi connectivity index (χ0v) is 12.1. The van der Waals surface area contributed by atoms with Crippen LogP contribution in [0.15, 0.2) is 22.7 Å². The molecule has 1 fully saturated rings. The minimum Gasteiger partial charge on any atom is -0.308 e. The predicted octanol–water partition coefficient (Wildman–Crippen LogP) is 2.97. The number of thioether (sulfide) groups is 1. The van der Waals surface area contributed by atoms with Crippen LogP contribution in [0, 0.1) is 5.82 Å². The topological polar surface area (TPSA) is 37.4 Å². The first kappa shape index (κ1) is 13.5. The molecular formula is C12H11BrFNO2S. The van der Waals surface area contributed by atoms with E-state index in [1.165, 1.54) is 17.9 Å². The molecule has 0 bridgehead atoms. The lowest BCUT2D eigenvalue weighted by atomic mass is 10.3. The Hall–Kier alpha value is -0.880. The third-order valence-electron chi connectivity index (χ3n) is 2.62. The summed E-state index contributed by atoms with van der Waals surface area (Å²) >= 11 is 4.31. The van der Waals surface area contributed by atoms with Crippen LogP contribution in [0.5, 0.6) is 0 Å². The first-order chi connectivity index (χ1) is 8.47. The highest BCUT2D eigenvalue weighted by atomic mass is 79.9. The molecule has 0 radical (unpaired) electrons. The molecule has 2 rings (SSSR count). The lowest BCUT2D eigenvalue weighted by molar-refractivity contribution is -0.117. The number of halogens is 2. The summed E-state index contributed by atoms with van der Waals surface area (Å²) in [4.78, 5) is 24.2. The maximum absolute atomic E-state index is 13.8. The summed E-state index contributed by atoms with van der Waals surface area (Å²) in [7, 11) is 0. The molecule has 6 heteroatoms. The van der Waals surface area contributed by atoms with Crippen molar-refractivity contribution in [2.45, 2.75) is 18.6 Å². The molecule has 1 aliphatic rings. The van der Waals surface area contributed by atoms with Crippen LogP contribution in [0.25, 0.3) is 0 Å². The predicted molar refractivity (Wildman–Crippen MR) is 73.1 cm³/mol. The van der Waals surface area contributed by atoms with Crippen LogP contribution in [-0.2, 0) is 9.59 Å². The first-order valence-electron chi connectivity index (χ1n) is 5.40. The van der Waals surface area contributed by atoms with E-state index in [0.717, 1.165) is 11.8 Å². The van der Waals surface area contributed by atoms with E-state index in [-0.39, 0.29) is 28.4 Å². The van der Waals surface area contributed by atoms with Gasteiger partial charge in [0, 0.05) is 29.6 Å². The van der Waals surface area contributed by atoms with Crippen molar-refractivity contribution in [1.82, 2.24) is 0 Å². The van der Waals surface area contributed by atoms with Crippen LogP contribution < -0.4 is 4.90 Å². The molecule has 1 aromatic carbocycles. The lowest BCUT2D eigenvalue weighted by Crippen LogP contribution is -2.25. The minimum atomic E-state index is -0.439. The van der Waals surface area contributed by atoms with Crippen molar-refractivity contribution in [3.8, 4) is 0 Å². The van der Waals surface area contributed by atoms with Gasteiger partial charge in [0.15, 0.2) is 5.12 Å². The summed E-state index contributed by atoms with van der Waals surface area (Å²) < 4.78 is 14.4. The molecule has 0 saturated carbocycles. The monoisotopic (exact) mass is 331 g/mol. The number of benzene rings is 1. The molecule has 3 nitrogen and oxygen atoms in total. The Kier molecular flexibility index (Phi) is 4.07.